The Labute approximate surface area is 258 Å². The summed E-state index contributed by atoms with van der Waals surface area (Å²) in [7, 11) is 0. The lowest BCUT2D eigenvalue weighted by Gasteiger charge is -2.18. The van der Waals surface area contributed by atoms with Gasteiger partial charge in [-0.1, -0.05) is 72.8 Å². The number of imide groups is 1. The number of anilines is 1. The summed E-state index contributed by atoms with van der Waals surface area (Å²) in [5.41, 5.74) is 6.56. The second-order valence-electron chi connectivity index (χ2n) is 10.5. The van der Waals surface area contributed by atoms with Gasteiger partial charge in [-0.05, 0) is 62.1 Å². The Kier molecular flexibility index (Phi) is 7.46. The van der Waals surface area contributed by atoms with Crippen LogP contribution >= 0.6 is 22.7 Å². The lowest BCUT2D eigenvalue weighted by Crippen LogP contribution is -2.32. The molecule has 0 N–H and O–H groups in total. The Morgan fingerprint density at radius 3 is 1.49 bits per heavy atom. The lowest BCUT2D eigenvalue weighted by atomic mass is 9.91. The van der Waals surface area contributed by atoms with Crippen molar-refractivity contribution >= 4 is 57.3 Å². The number of carbonyl (C=O) groups is 3. The number of para-hydroxylation sites is 2. The van der Waals surface area contributed by atoms with Gasteiger partial charge in [-0.3, -0.25) is 14.4 Å². The molecule has 0 fully saturated rings. The Balaban J connectivity index is 1.62. The molecule has 0 unspecified atom stereocenters. The molecule has 1 aliphatic rings. The second kappa shape index (κ2) is 11.2. The van der Waals surface area contributed by atoms with Crippen LogP contribution in [0.3, 0.4) is 0 Å². The number of nitrogens with zero attached hydrogens (tertiary/aromatic N) is 1. The van der Waals surface area contributed by atoms with Crippen LogP contribution < -0.4 is 9.64 Å². The van der Waals surface area contributed by atoms with Crippen molar-refractivity contribution in [3.63, 3.8) is 0 Å². The maximum atomic E-state index is 14.6. The molecule has 0 atom stereocenters. The molecule has 7 heteroatoms. The molecule has 2 amide bonds. The summed E-state index contributed by atoms with van der Waals surface area (Å²) in [6.45, 7) is 9.33. The smallest absolute Gasteiger partial charge is 0.308 e. The van der Waals surface area contributed by atoms with E-state index in [1.165, 1.54) is 11.8 Å². The Morgan fingerprint density at radius 1 is 0.628 bits per heavy atom. The first-order valence-corrected chi connectivity index (χ1v) is 15.5. The fourth-order valence-electron chi connectivity index (χ4n) is 5.87. The molecule has 0 saturated carbocycles. The zero-order chi connectivity index (χ0) is 30.4. The number of benzene rings is 3. The van der Waals surface area contributed by atoms with Crippen molar-refractivity contribution in [2.45, 2.75) is 34.6 Å². The molecule has 0 saturated heterocycles. The highest BCUT2D eigenvalue weighted by Gasteiger charge is 2.44. The Bertz CT molecular complexity index is 1840. The molecular formula is C36H29NO4S2. The van der Waals surface area contributed by atoms with Crippen LogP contribution in [0.15, 0.2) is 84.9 Å². The highest BCUT2D eigenvalue weighted by atomic mass is 32.1. The molecule has 5 aromatic rings. The summed E-state index contributed by atoms with van der Waals surface area (Å²) in [6, 6.07) is 26.8. The topological polar surface area (TPSA) is 63.7 Å². The van der Waals surface area contributed by atoms with Gasteiger partial charge in [-0.15, -0.1) is 22.7 Å². The van der Waals surface area contributed by atoms with Gasteiger partial charge in [0.2, 0.25) is 0 Å². The van der Waals surface area contributed by atoms with E-state index in [4.69, 9.17) is 4.74 Å². The van der Waals surface area contributed by atoms with Crippen molar-refractivity contribution in [3.05, 3.63) is 117 Å². The molecule has 43 heavy (non-hydrogen) atoms. The Hall–Kier alpha value is -4.59. The van der Waals surface area contributed by atoms with E-state index in [1.54, 1.807) is 46.9 Å². The first-order valence-electron chi connectivity index (χ1n) is 13.9. The van der Waals surface area contributed by atoms with Crippen LogP contribution in [-0.2, 0) is 14.4 Å². The molecule has 0 radical (unpaired) electrons. The van der Waals surface area contributed by atoms with E-state index in [0.717, 1.165) is 52.9 Å². The van der Waals surface area contributed by atoms with Crippen LogP contribution in [0.25, 0.3) is 32.0 Å². The highest BCUT2D eigenvalue weighted by Crippen LogP contribution is 2.50. The number of esters is 1. The third kappa shape index (κ3) is 4.84. The number of hydrogen-bond donors (Lipinski definition) is 0. The van der Waals surface area contributed by atoms with Gasteiger partial charge in [-0.2, -0.15) is 0 Å². The third-order valence-electron chi connectivity index (χ3n) is 7.66. The van der Waals surface area contributed by atoms with Crippen LogP contribution in [-0.4, -0.2) is 17.8 Å². The summed E-state index contributed by atoms with van der Waals surface area (Å²) in [4.78, 5) is 46.3. The summed E-state index contributed by atoms with van der Waals surface area (Å²) < 4.78 is 5.46. The van der Waals surface area contributed by atoms with Crippen molar-refractivity contribution < 1.29 is 19.1 Å². The molecule has 214 valence electrons. The molecule has 0 bridgehead atoms. The number of amides is 2. The van der Waals surface area contributed by atoms with E-state index in [-0.39, 0.29) is 11.4 Å². The van der Waals surface area contributed by atoms with Crippen molar-refractivity contribution in [2.24, 2.45) is 0 Å². The van der Waals surface area contributed by atoms with Gasteiger partial charge in [0.15, 0.2) is 5.75 Å². The SMILES string of the molecule is CC(=O)Oc1ccccc1N1C(=O)C(c2c(C)sc(-c3ccccc3)c2C)=C(c2c(C)sc(-c3ccccc3)c2C)C1=O. The lowest BCUT2D eigenvalue weighted by molar-refractivity contribution is -0.132. The number of ether oxygens (including phenoxy) is 1. The quantitative estimate of drug-likeness (QED) is 0.111. The minimum atomic E-state index is -0.533. The van der Waals surface area contributed by atoms with Gasteiger partial charge in [-0.25, -0.2) is 4.90 Å². The van der Waals surface area contributed by atoms with Crippen molar-refractivity contribution in [3.8, 4) is 26.6 Å². The molecule has 0 aliphatic carbocycles. The molecule has 1 aliphatic heterocycles. The van der Waals surface area contributed by atoms with Crippen LogP contribution in [0, 0.1) is 27.7 Å². The number of rotatable bonds is 6. The summed E-state index contributed by atoms with van der Waals surface area (Å²) in [5.74, 6) is -1.25. The number of hydrogen-bond acceptors (Lipinski definition) is 6. The van der Waals surface area contributed by atoms with Gasteiger partial charge in [0.05, 0.1) is 16.8 Å². The fraction of sp³-hybridized carbons (Fsp3) is 0.139. The minimum absolute atomic E-state index is 0.157. The van der Waals surface area contributed by atoms with E-state index in [1.807, 2.05) is 64.1 Å². The monoisotopic (exact) mass is 603 g/mol. The maximum Gasteiger partial charge on any atom is 0.308 e. The maximum absolute atomic E-state index is 14.6. The molecule has 0 spiro atoms. The van der Waals surface area contributed by atoms with E-state index < -0.39 is 17.8 Å². The summed E-state index contributed by atoms with van der Waals surface area (Å²) in [6.07, 6.45) is 0. The van der Waals surface area contributed by atoms with E-state index in [2.05, 4.69) is 24.3 Å². The van der Waals surface area contributed by atoms with E-state index in [9.17, 15) is 14.4 Å². The van der Waals surface area contributed by atoms with Gasteiger partial charge in [0.1, 0.15) is 0 Å². The third-order valence-corrected chi connectivity index (χ3v) is 10.2. The molecular weight excluding hydrogens is 575 g/mol. The van der Waals surface area contributed by atoms with Gasteiger partial charge in [0.25, 0.3) is 11.8 Å². The van der Waals surface area contributed by atoms with E-state index >= 15 is 0 Å². The number of aryl methyl sites for hydroxylation is 2. The van der Waals surface area contributed by atoms with Crippen LogP contribution in [0.4, 0.5) is 5.69 Å². The fourth-order valence-corrected chi connectivity index (χ4v) is 8.21. The first kappa shape index (κ1) is 28.5. The average Bonchev–Trinajstić information content (AvgIpc) is 3.55. The summed E-state index contributed by atoms with van der Waals surface area (Å²) >= 11 is 3.24. The zero-order valence-corrected chi connectivity index (χ0v) is 26.1. The molecule has 3 aromatic carbocycles. The largest absolute Gasteiger partial charge is 0.424 e. The predicted octanol–water partition coefficient (Wildman–Crippen LogP) is 8.79. The van der Waals surface area contributed by atoms with Crippen molar-refractivity contribution in [1.82, 2.24) is 0 Å². The van der Waals surface area contributed by atoms with Crippen LogP contribution in [0.1, 0.15) is 38.9 Å². The van der Waals surface area contributed by atoms with Crippen molar-refractivity contribution in [1.29, 1.82) is 0 Å². The minimum Gasteiger partial charge on any atom is -0.424 e. The molecule has 5 nitrogen and oxygen atoms in total. The molecule has 2 aromatic heterocycles. The van der Waals surface area contributed by atoms with Crippen LogP contribution in [0.2, 0.25) is 0 Å². The normalized spacial score (nSPS) is 13.3. The molecule has 3 heterocycles. The molecule has 6 rings (SSSR count). The van der Waals surface area contributed by atoms with Crippen LogP contribution in [0.5, 0.6) is 5.75 Å². The summed E-state index contributed by atoms with van der Waals surface area (Å²) in [5, 5.41) is 0. The van der Waals surface area contributed by atoms with E-state index in [0.29, 0.717) is 11.1 Å². The highest BCUT2D eigenvalue weighted by molar-refractivity contribution is 7.16. The van der Waals surface area contributed by atoms with Gasteiger partial charge in [0, 0.05) is 37.6 Å². The number of thiophene rings is 2. The Morgan fingerprint density at radius 2 is 1.05 bits per heavy atom. The first-order chi connectivity index (χ1) is 20.7. The average molecular weight is 604 g/mol. The van der Waals surface area contributed by atoms with Gasteiger partial charge < -0.3 is 4.74 Å². The number of carbonyl (C=O) groups excluding carboxylic acids is 3. The zero-order valence-electron chi connectivity index (χ0n) is 24.5. The van der Waals surface area contributed by atoms with Gasteiger partial charge >= 0.3 is 5.97 Å². The van der Waals surface area contributed by atoms with Crippen molar-refractivity contribution in [2.75, 3.05) is 4.90 Å². The standard InChI is InChI=1S/C36H29NO4S2/c1-20-29(22(3)42-33(20)25-14-8-6-9-15-25)31-32(30-21(2)34(43-23(30)4)26-16-10-7-11-17-26)36(40)37(35(31)39)27-18-12-13-19-28(27)41-24(5)38/h6-19H,1-5H3. The second-order valence-corrected chi connectivity index (χ2v) is 12.9. The predicted molar refractivity (Wildman–Crippen MR) is 176 cm³/mol.